The SMILES string of the molecule is CCOc1ccc(NCC(=O)Nc2ccc(Br)cc2)cn1. The zero-order valence-corrected chi connectivity index (χ0v) is 13.2. The van der Waals surface area contributed by atoms with Crippen LogP contribution in [0.4, 0.5) is 11.4 Å². The number of nitrogens with one attached hydrogen (secondary N) is 2. The highest BCUT2D eigenvalue weighted by Crippen LogP contribution is 2.14. The van der Waals surface area contributed by atoms with Gasteiger partial charge in [0.05, 0.1) is 25.0 Å². The molecule has 110 valence electrons. The Morgan fingerprint density at radius 3 is 2.52 bits per heavy atom. The van der Waals surface area contributed by atoms with E-state index < -0.39 is 0 Å². The van der Waals surface area contributed by atoms with E-state index in [0.29, 0.717) is 12.5 Å². The molecule has 1 aromatic carbocycles. The van der Waals surface area contributed by atoms with Crippen LogP contribution in [-0.2, 0) is 4.79 Å². The van der Waals surface area contributed by atoms with Gasteiger partial charge in [-0.2, -0.15) is 0 Å². The number of pyridine rings is 1. The summed E-state index contributed by atoms with van der Waals surface area (Å²) in [6, 6.07) is 11.0. The number of hydrogen-bond acceptors (Lipinski definition) is 4. The third-order valence-corrected chi connectivity index (χ3v) is 3.14. The molecule has 0 saturated carbocycles. The summed E-state index contributed by atoms with van der Waals surface area (Å²) in [5.41, 5.74) is 1.53. The highest BCUT2D eigenvalue weighted by atomic mass is 79.9. The summed E-state index contributed by atoms with van der Waals surface area (Å²) in [4.78, 5) is 15.9. The normalized spacial score (nSPS) is 10.0. The lowest BCUT2D eigenvalue weighted by molar-refractivity contribution is -0.114. The molecule has 1 aromatic heterocycles. The van der Waals surface area contributed by atoms with E-state index in [1.54, 1.807) is 12.3 Å². The summed E-state index contributed by atoms with van der Waals surface area (Å²) in [6.07, 6.45) is 1.64. The number of ether oxygens (including phenoxy) is 1. The first-order valence-corrected chi connectivity index (χ1v) is 7.35. The van der Waals surface area contributed by atoms with Crippen molar-refractivity contribution in [2.24, 2.45) is 0 Å². The van der Waals surface area contributed by atoms with Crippen LogP contribution in [0.2, 0.25) is 0 Å². The number of amides is 1. The van der Waals surface area contributed by atoms with Crippen LogP contribution in [0.1, 0.15) is 6.92 Å². The van der Waals surface area contributed by atoms with Crippen molar-refractivity contribution in [2.45, 2.75) is 6.92 Å². The van der Waals surface area contributed by atoms with Crippen molar-refractivity contribution in [3.63, 3.8) is 0 Å². The van der Waals surface area contributed by atoms with E-state index in [1.807, 2.05) is 37.3 Å². The number of hydrogen-bond donors (Lipinski definition) is 2. The number of anilines is 2. The van der Waals surface area contributed by atoms with E-state index in [1.165, 1.54) is 0 Å². The summed E-state index contributed by atoms with van der Waals surface area (Å²) >= 11 is 3.35. The molecular weight excluding hydrogens is 334 g/mol. The van der Waals surface area contributed by atoms with Crippen molar-refractivity contribution in [1.29, 1.82) is 0 Å². The zero-order valence-electron chi connectivity index (χ0n) is 11.6. The lowest BCUT2D eigenvalue weighted by Gasteiger charge is -2.08. The molecule has 0 aliphatic carbocycles. The number of carbonyl (C=O) groups excluding carboxylic acids is 1. The van der Waals surface area contributed by atoms with Gasteiger partial charge in [0.15, 0.2) is 0 Å². The fourth-order valence-electron chi connectivity index (χ4n) is 1.64. The van der Waals surface area contributed by atoms with E-state index in [4.69, 9.17) is 4.74 Å². The number of carbonyl (C=O) groups is 1. The van der Waals surface area contributed by atoms with Gasteiger partial charge in [-0.25, -0.2) is 4.98 Å². The molecule has 0 atom stereocenters. The first-order valence-electron chi connectivity index (χ1n) is 6.55. The number of halogens is 1. The predicted octanol–water partition coefficient (Wildman–Crippen LogP) is 3.29. The standard InChI is InChI=1S/C15H16BrN3O2/c1-2-21-15-8-7-13(9-18-15)17-10-14(20)19-12-5-3-11(16)4-6-12/h3-9,17H,2,10H2,1H3,(H,19,20). The number of rotatable bonds is 6. The Hall–Kier alpha value is -2.08. The molecule has 0 fully saturated rings. The fourth-order valence-corrected chi connectivity index (χ4v) is 1.90. The minimum Gasteiger partial charge on any atom is -0.478 e. The second kappa shape index (κ2) is 7.64. The zero-order chi connectivity index (χ0) is 15.1. The van der Waals surface area contributed by atoms with Crippen molar-refractivity contribution < 1.29 is 9.53 Å². The summed E-state index contributed by atoms with van der Waals surface area (Å²) in [5, 5.41) is 5.81. The molecule has 0 unspecified atom stereocenters. The van der Waals surface area contributed by atoms with Gasteiger partial charge in [-0.15, -0.1) is 0 Å². The molecule has 1 heterocycles. The molecular formula is C15H16BrN3O2. The molecule has 0 aliphatic rings. The third kappa shape index (κ3) is 5.07. The first kappa shape index (κ1) is 15.3. The maximum atomic E-state index is 11.8. The van der Waals surface area contributed by atoms with Gasteiger partial charge in [-0.3, -0.25) is 4.79 Å². The molecule has 6 heteroatoms. The molecule has 21 heavy (non-hydrogen) atoms. The summed E-state index contributed by atoms with van der Waals surface area (Å²) in [7, 11) is 0. The topological polar surface area (TPSA) is 63.2 Å². The van der Waals surface area contributed by atoms with Gasteiger partial charge >= 0.3 is 0 Å². The third-order valence-electron chi connectivity index (χ3n) is 2.61. The molecule has 0 spiro atoms. The molecule has 0 aliphatic heterocycles. The second-order valence-corrected chi connectivity index (χ2v) is 5.14. The Balaban J connectivity index is 1.81. The van der Waals surface area contributed by atoms with Gasteiger partial charge in [0.2, 0.25) is 11.8 Å². The molecule has 1 amide bonds. The Kier molecular flexibility index (Phi) is 5.57. The van der Waals surface area contributed by atoms with Crippen LogP contribution < -0.4 is 15.4 Å². The highest BCUT2D eigenvalue weighted by molar-refractivity contribution is 9.10. The van der Waals surface area contributed by atoms with Crippen molar-refractivity contribution in [2.75, 3.05) is 23.8 Å². The average Bonchev–Trinajstić information content (AvgIpc) is 2.49. The fraction of sp³-hybridized carbons (Fsp3) is 0.200. The van der Waals surface area contributed by atoms with Crippen molar-refractivity contribution in [1.82, 2.24) is 4.98 Å². The van der Waals surface area contributed by atoms with Gasteiger partial charge in [0, 0.05) is 16.2 Å². The second-order valence-electron chi connectivity index (χ2n) is 4.23. The van der Waals surface area contributed by atoms with Gasteiger partial charge in [0.1, 0.15) is 0 Å². The van der Waals surface area contributed by atoms with Gasteiger partial charge in [-0.1, -0.05) is 15.9 Å². The van der Waals surface area contributed by atoms with Crippen LogP contribution in [0.15, 0.2) is 47.1 Å². The Bertz CT molecular complexity index is 585. The molecule has 0 radical (unpaired) electrons. The number of aromatic nitrogens is 1. The lowest BCUT2D eigenvalue weighted by atomic mass is 10.3. The smallest absolute Gasteiger partial charge is 0.243 e. The number of nitrogens with zero attached hydrogens (tertiary/aromatic N) is 1. The molecule has 0 bridgehead atoms. The van der Waals surface area contributed by atoms with Crippen LogP contribution in [0.25, 0.3) is 0 Å². The largest absolute Gasteiger partial charge is 0.478 e. The quantitative estimate of drug-likeness (QED) is 0.839. The summed E-state index contributed by atoms with van der Waals surface area (Å²) in [6.45, 7) is 2.65. The minimum atomic E-state index is -0.119. The van der Waals surface area contributed by atoms with E-state index in [2.05, 4.69) is 31.5 Å². The van der Waals surface area contributed by atoms with Crippen molar-refractivity contribution in [3.8, 4) is 5.88 Å². The Labute approximate surface area is 131 Å². The van der Waals surface area contributed by atoms with Crippen LogP contribution in [-0.4, -0.2) is 24.0 Å². The molecule has 2 rings (SSSR count). The monoisotopic (exact) mass is 349 g/mol. The predicted molar refractivity (Wildman–Crippen MR) is 86.7 cm³/mol. The van der Waals surface area contributed by atoms with Crippen LogP contribution in [0.3, 0.4) is 0 Å². The maximum absolute atomic E-state index is 11.8. The first-order chi connectivity index (χ1) is 10.2. The molecule has 2 N–H and O–H groups in total. The van der Waals surface area contributed by atoms with E-state index in [9.17, 15) is 4.79 Å². The van der Waals surface area contributed by atoms with Gasteiger partial charge in [0.25, 0.3) is 0 Å². The van der Waals surface area contributed by atoms with E-state index >= 15 is 0 Å². The minimum absolute atomic E-state index is 0.119. The van der Waals surface area contributed by atoms with E-state index in [0.717, 1.165) is 15.8 Å². The van der Waals surface area contributed by atoms with Crippen LogP contribution in [0, 0.1) is 0 Å². The van der Waals surface area contributed by atoms with E-state index in [-0.39, 0.29) is 12.5 Å². The molecule has 2 aromatic rings. The average molecular weight is 350 g/mol. The Morgan fingerprint density at radius 1 is 1.19 bits per heavy atom. The number of benzene rings is 1. The summed E-state index contributed by atoms with van der Waals surface area (Å²) < 4.78 is 6.22. The van der Waals surface area contributed by atoms with Crippen LogP contribution in [0.5, 0.6) is 5.88 Å². The molecule has 5 nitrogen and oxygen atoms in total. The van der Waals surface area contributed by atoms with Crippen molar-refractivity contribution in [3.05, 3.63) is 47.1 Å². The maximum Gasteiger partial charge on any atom is 0.243 e. The highest BCUT2D eigenvalue weighted by Gasteiger charge is 2.03. The van der Waals surface area contributed by atoms with Gasteiger partial charge in [-0.05, 0) is 37.3 Å². The van der Waals surface area contributed by atoms with Gasteiger partial charge < -0.3 is 15.4 Å². The Morgan fingerprint density at radius 2 is 1.90 bits per heavy atom. The summed E-state index contributed by atoms with van der Waals surface area (Å²) in [5.74, 6) is 0.452. The van der Waals surface area contributed by atoms with Crippen LogP contribution >= 0.6 is 15.9 Å². The molecule has 0 saturated heterocycles. The van der Waals surface area contributed by atoms with Crippen molar-refractivity contribution >= 4 is 33.2 Å². The lowest BCUT2D eigenvalue weighted by Crippen LogP contribution is -2.21.